The minimum Gasteiger partial charge on any atom is -0.487 e. The molecule has 0 saturated heterocycles. The van der Waals surface area contributed by atoms with Crippen molar-refractivity contribution in [3.63, 3.8) is 0 Å². The van der Waals surface area contributed by atoms with Crippen LogP contribution in [-0.4, -0.2) is 17.3 Å². The molecule has 1 aromatic carbocycles. The quantitative estimate of drug-likeness (QED) is 0.871. The van der Waals surface area contributed by atoms with Crippen molar-refractivity contribution < 1.29 is 14.2 Å². The molecule has 100 valence electrons. The highest BCUT2D eigenvalue weighted by Crippen LogP contribution is 2.25. The van der Waals surface area contributed by atoms with Crippen LogP contribution in [0.3, 0.4) is 0 Å². The third-order valence-corrected chi connectivity index (χ3v) is 3.60. The lowest BCUT2D eigenvalue weighted by atomic mass is 9.96. The van der Waals surface area contributed by atoms with Crippen LogP contribution in [0.25, 0.3) is 0 Å². The Hall–Kier alpha value is -1.09. The fourth-order valence-electron chi connectivity index (χ4n) is 2.43. The van der Waals surface area contributed by atoms with Gasteiger partial charge in [0.15, 0.2) is 0 Å². The van der Waals surface area contributed by atoms with E-state index in [0.717, 1.165) is 31.2 Å². The molecular formula is C15H21FO2. The summed E-state index contributed by atoms with van der Waals surface area (Å²) in [6.07, 6.45) is 5.46. The first kappa shape index (κ1) is 13.3. The van der Waals surface area contributed by atoms with Crippen LogP contribution in [0.4, 0.5) is 4.39 Å². The van der Waals surface area contributed by atoms with Crippen LogP contribution in [0, 0.1) is 12.7 Å². The molecule has 1 aliphatic carbocycles. The number of rotatable bonds is 2. The minimum absolute atomic E-state index is 0.203. The number of halogens is 1. The van der Waals surface area contributed by atoms with Crippen LogP contribution in [0.2, 0.25) is 0 Å². The predicted octanol–water partition coefficient (Wildman–Crippen LogP) is 3.60. The third-order valence-electron chi connectivity index (χ3n) is 3.60. The summed E-state index contributed by atoms with van der Waals surface area (Å²) in [5.41, 5.74) is 0.908. The highest BCUT2D eigenvalue weighted by Gasteiger charge is 2.22. The lowest BCUT2D eigenvalue weighted by molar-refractivity contribution is 0.0182. The van der Waals surface area contributed by atoms with Crippen LogP contribution in [-0.2, 0) is 0 Å². The molecule has 0 spiro atoms. The molecule has 1 fully saturated rings. The highest BCUT2D eigenvalue weighted by molar-refractivity contribution is 5.32. The van der Waals surface area contributed by atoms with Gasteiger partial charge in [-0.15, -0.1) is 0 Å². The second-order valence-corrected chi connectivity index (χ2v) is 5.13. The summed E-state index contributed by atoms with van der Waals surface area (Å²) in [4.78, 5) is 0. The molecule has 2 atom stereocenters. The largest absolute Gasteiger partial charge is 0.487 e. The van der Waals surface area contributed by atoms with E-state index < -0.39 is 6.10 Å². The van der Waals surface area contributed by atoms with Gasteiger partial charge in [0.05, 0.1) is 6.10 Å². The molecule has 2 unspecified atom stereocenters. The molecule has 1 N–H and O–H groups in total. The standard InChI is InChI=1S/C15H21FO2/c1-11-8-9-12(16)10-15(11)18-14-7-5-3-2-4-6-13(14)17/h8-10,13-14,17H,2-7H2,1H3. The Morgan fingerprint density at radius 1 is 1.17 bits per heavy atom. The number of benzene rings is 1. The van der Waals surface area contributed by atoms with Gasteiger partial charge in [0.1, 0.15) is 17.7 Å². The van der Waals surface area contributed by atoms with Crippen LogP contribution >= 0.6 is 0 Å². The molecular weight excluding hydrogens is 231 g/mol. The molecule has 2 nitrogen and oxygen atoms in total. The van der Waals surface area contributed by atoms with Gasteiger partial charge in [-0.3, -0.25) is 0 Å². The van der Waals surface area contributed by atoms with Crippen molar-refractivity contribution in [2.24, 2.45) is 0 Å². The Morgan fingerprint density at radius 3 is 2.67 bits per heavy atom. The Morgan fingerprint density at radius 2 is 1.89 bits per heavy atom. The fraction of sp³-hybridized carbons (Fsp3) is 0.600. The van der Waals surface area contributed by atoms with E-state index in [1.807, 2.05) is 6.92 Å². The lowest BCUT2D eigenvalue weighted by Gasteiger charge is -2.27. The van der Waals surface area contributed by atoms with Gasteiger partial charge in [-0.2, -0.15) is 0 Å². The maximum atomic E-state index is 13.2. The summed E-state index contributed by atoms with van der Waals surface area (Å²) < 4.78 is 19.0. The molecule has 0 heterocycles. The lowest BCUT2D eigenvalue weighted by Crippen LogP contribution is -2.32. The van der Waals surface area contributed by atoms with Crippen molar-refractivity contribution in [1.29, 1.82) is 0 Å². The fourth-order valence-corrected chi connectivity index (χ4v) is 2.43. The van der Waals surface area contributed by atoms with E-state index in [2.05, 4.69) is 0 Å². The van der Waals surface area contributed by atoms with Crippen molar-refractivity contribution in [3.8, 4) is 5.75 Å². The molecule has 0 radical (unpaired) electrons. The van der Waals surface area contributed by atoms with E-state index in [0.29, 0.717) is 5.75 Å². The summed E-state index contributed by atoms with van der Waals surface area (Å²) >= 11 is 0. The van der Waals surface area contributed by atoms with Crippen molar-refractivity contribution in [2.75, 3.05) is 0 Å². The molecule has 3 heteroatoms. The van der Waals surface area contributed by atoms with E-state index in [1.165, 1.54) is 25.0 Å². The number of hydrogen-bond donors (Lipinski definition) is 1. The third kappa shape index (κ3) is 3.45. The monoisotopic (exact) mass is 252 g/mol. The normalized spacial score (nSPS) is 25.3. The SMILES string of the molecule is Cc1ccc(F)cc1OC1CCCCCCC1O. The molecule has 18 heavy (non-hydrogen) atoms. The second kappa shape index (κ2) is 6.19. The molecule has 1 aromatic rings. The van der Waals surface area contributed by atoms with Crippen molar-refractivity contribution in [1.82, 2.24) is 0 Å². The van der Waals surface area contributed by atoms with Crippen molar-refractivity contribution >= 4 is 0 Å². The first-order valence-electron chi connectivity index (χ1n) is 6.77. The number of ether oxygens (including phenoxy) is 1. The average molecular weight is 252 g/mol. The first-order valence-corrected chi connectivity index (χ1v) is 6.77. The van der Waals surface area contributed by atoms with Gasteiger partial charge in [0.25, 0.3) is 0 Å². The molecule has 0 aliphatic heterocycles. The second-order valence-electron chi connectivity index (χ2n) is 5.13. The van der Waals surface area contributed by atoms with Crippen LogP contribution in [0.15, 0.2) is 18.2 Å². The Labute approximate surface area is 108 Å². The summed E-state index contributed by atoms with van der Waals surface area (Å²) in [7, 11) is 0. The maximum Gasteiger partial charge on any atom is 0.126 e. The van der Waals surface area contributed by atoms with Gasteiger partial charge in [0.2, 0.25) is 0 Å². The maximum absolute atomic E-state index is 13.2. The Kier molecular flexibility index (Phi) is 4.59. The minimum atomic E-state index is -0.437. The summed E-state index contributed by atoms with van der Waals surface area (Å²) in [5.74, 6) is 0.260. The van der Waals surface area contributed by atoms with Crippen LogP contribution in [0.1, 0.15) is 44.1 Å². The van der Waals surface area contributed by atoms with E-state index in [-0.39, 0.29) is 11.9 Å². The van der Waals surface area contributed by atoms with E-state index in [9.17, 15) is 9.50 Å². The Bertz CT molecular complexity index is 392. The molecule has 0 amide bonds. The van der Waals surface area contributed by atoms with E-state index in [4.69, 9.17) is 4.74 Å². The number of aliphatic hydroxyl groups excluding tert-OH is 1. The first-order chi connectivity index (χ1) is 8.66. The average Bonchev–Trinajstić information content (AvgIpc) is 2.33. The van der Waals surface area contributed by atoms with Gasteiger partial charge < -0.3 is 9.84 Å². The predicted molar refractivity (Wildman–Crippen MR) is 69.3 cm³/mol. The van der Waals surface area contributed by atoms with Gasteiger partial charge >= 0.3 is 0 Å². The van der Waals surface area contributed by atoms with Gasteiger partial charge in [-0.25, -0.2) is 4.39 Å². The smallest absolute Gasteiger partial charge is 0.126 e. The number of hydrogen-bond acceptors (Lipinski definition) is 2. The Balaban J connectivity index is 2.07. The van der Waals surface area contributed by atoms with Gasteiger partial charge in [-0.1, -0.05) is 25.3 Å². The summed E-state index contributed by atoms with van der Waals surface area (Å²) in [6.45, 7) is 1.89. The topological polar surface area (TPSA) is 29.5 Å². The number of aliphatic hydroxyl groups is 1. The summed E-state index contributed by atoms with van der Waals surface area (Å²) in [6, 6.07) is 4.54. The van der Waals surface area contributed by atoms with Crippen LogP contribution in [0.5, 0.6) is 5.75 Å². The van der Waals surface area contributed by atoms with Gasteiger partial charge in [0, 0.05) is 6.07 Å². The van der Waals surface area contributed by atoms with Gasteiger partial charge in [-0.05, 0) is 37.8 Å². The highest BCUT2D eigenvalue weighted by atomic mass is 19.1. The van der Waals surface area contributed by atoms with Crippen molar-refractivity contribution in [2.45, 2.75) is 57.7 Å². The molecule has 0 bridgehead atoms. The molecule has 0 aromatic heterocycles. The zero-order valence-electron chi connectivity index (χ0n) is 10.9. The van der Waals surface area contributed by atoms with Crippen molar-refractivity contribution in [3.05, 3.63) is 29.6 Å². The molecule has 1 saturated carbocycles. The molecule has 2 rings (SSSR count). The summed E-state index contributed by atoms with van der Waals surface area (Å²) in [5, 5.41) is 10.1. The number of aryl methyl sites for hydroxylation is 1. The molecule has 1 aliphatic rings. The zero-order chi connectivity index (χ0) is 13.0. The zero-order valence-corrected chi connectivity index (χ0v) is 10.9. The van der Waals surface area contributed by atoms with E-state index in [1.54, 1.807) is 6.07 Å². The van der Waals surface area contributed by atoms with Crippen LogP contribution < -0.4 is 4.74 Å². The van der Waals surface area contributed by atoms with E-state index >= 15 is 0 Å².